The first-order valence-corrected chi connectivity index (χ1v) is 5.97. The minimum atomic E-state index is -1.07. The molecular weight excluding hydrogens is 259 g/mol. The second kappa shape index (κ2) is 5.24. The molecule has 1 aromatic heterocycles. The summed E-state index contributed by atoms with van der Waals surface area (Å²) in [5, 5.41) is 18.6. The highest BCUT2D eigenvalue weighted by atomic mass is 19.1. The van der Waals surface area contributed by atoms with Gasteiger partial charge in [-0.05, 0) is 6.42 Å². The lowest BCUT2D eigenvalue weighted by Gasteiger charge is -2.18. The minimum Gasteiger partial charge on any atom is -0.394 e. The molecule has 7 nitrogen and oxygen atoms in total. The van der Waals surface area contributed by atoms with Crippen LogP contribution >= 0.6 is 0 Å². The maximum absolute atomic E-state index is 13.7. The monoisotopic (exact) mass is 274 g/mol. The summed E-state index contributed by atoms with van der Waals surface area (Å²) in [6, 6.07) is 0. The fourth-order valence-corrected chi connectivity index (χ4v) is 2.24. The molecule has 0 amide bonds. The van der Waals surface area contributed by atoms with Crippen molar-refractivity contribution in [3.8, 4) is 0 Å². The van der Waals surface area contributed by atoms with Crippen molar-refractivity contribution in [1.82, 2.24) is 9.55 Å². The van der Waals surface area contributed by atoms with Crippen LogP contribution in [0.1, 0.15) is 25.3 Å². The predicted octanol–water partition coefficient (Wildman–Crippen LogP) is -1.12. The molecule has 0 saturated carbocycles. The Kier molecular flexibility index (Phi) is 3.83. The first kappa shape index (κ1) is 13.9. The van der Waals surface area contributed by atoms with Crippen molar-refractivity contribution in [3.63, 3.8) is 0 Å². The Hall–Kier alpha value is -1.51. The normalized spacial score (nSPS) is 26.8. The molecule has 2 rings (SSSR count). The quantitative estimate of drug-likeness (QED) is 0.647. The van der Waals surface area contributed by atoms with Gasteiger partial charge >= 0.3 is 5.69 Å². The lowest BCUT2D eigenvalue weighted by Crippen LogP contribution is -2.37. The van der Waals surface area contributed by atoms with E-state index in [1.807, 2.05) is 4.98 Å². The number of aliphatic hydroxyl groups is 2. The third-order valence-electron chi connectivity index (χ3n) is 3.19. The smallest absolute Gasteiger partial charge is 0.330 e. The van der Waals surface area contributed by atoms with Crippen LogP contribution in [-0.2, 0) is 11.2 Å². The molecule has 0 radical (unpaired) electrons. The molecule has 0 unspecified atom stereocenters. The van der Waals surface area contributed by atoms with Gasteiger partial charge in [0.25, 0.3) is 5.56 Å². The molecule has 1 aliphatic heterocycles. The van der Waals surface area contributed by atoms with Crippen LogP contribution in [0.3, 0.4) is 0 Å². The zero-order valence-corrected chi connectivity index (χ0v) is 10.3. The van der Waals surface area contributed by atoms with Crippen molar-refractivity contribution in [2.45, 2.75) is 38.2 Å². The Bertz CT molecular complexity index is 581. The molecule has 1 saturated heterocycles. The summed E-state index contributed by atoms with van der Waals surface area (Å²) in [6.45, 7) is 1.20. The van der Waals surface area contributed by atoms with Crippen LogP contribution in [0.5, 0.6) is 0 Å². The number of aromatic nitrogens is 2. The van der Waals surface area contributed by atoms with E-state index in [4.69, 9.17) is 9.84 Å². The Labute approximate surface area is 107 Å². The van der Waals surface area contributed by atoms with Crippen LogP contribution in [0.15, 0.2) is 9.59 Å². The summed E-state index contributed by atoms with van der Waals surface area (Å²) in [4.78, 5) is 24.8. The highest BCUT2D eigenvalue weighted by Gasteiger charge is 2.36. The second-order valence-corrected chi connectivity index (χ2v) is 4.36. The summed E-state index contributed by atoms with van der Waals surface area (Å²) >= 11 is 0. The maximum Gasteiger partial charge on any atom is 0.330 e. The number of aliphatic hydroxyl groups excluding tert-OH is 2. The van der Waals surface area contributed by atoms with Gasteiger partial charge in [-0.25, -0.2) is 4.79 Å². The number of halogens is 1. The lowest BCUT2D eigenvalue weighted by atomic mass is 10.2. The fraction of sp³-hybridized carbons (Fsp3) is 0.636. The predicted molar refractivity (Wildman–Crippen MR) is 62.3 cm³/mol. The average Bonchev–Trinajstić information content (AvgIpc) is 2.74. The van der Waals surface area contributed by atoms with E-state index in [1.165, 1.54) is 0 Å². The Morgan fingerprint density at radius 2 is 2.21 bits per heavy atom. The molecule has 0 spiro atoms. The van der Waals surface area contributed by atoms with Gasteiger partial charge in [0.2, 0.25) is 5.82 Å². The Balaban J connectivity index is 2.49. The van der Waals surface area contributed by atoms with Crippen LogP contribution in [0, 0.1) is 5.82 Å². The standard InChI is InChI=1S/C11H15FN2O5/c1-2-5-9(12)10(17)13-11(18)14(5)8-3-6(16)7(4-15)19-8/h6-8,15-16H,2-4H2,1H3,(H,13,17,18)/t6-,7+,8+/m0/s1. The van der Waals surface area contributed by atoms with Gasteiger partial charge in [0.1, 0.15) is 12.3 Å². The van der Waals surface area contributed by atoms with Crippen LogP contribution in [0.25, 0.3) is 0 Å². The van der Waals surface area contributed by atoms with Crippen molar-refractivity contribution < 1.29 is 19.3 Å². The van der Waals surface area contributed by atoms with E-state index in [0.29, 0.717) is 0 Å². The molecule has 0 aromatic carbocycles. The van der Waals surface area contributed by atoms with E-state index in [2.05, 4.69) is 0 Å². The zero-order chi connectivity index (χ0) is 14.2. The van der Waals surface area contributed by atoms with Gasteiger partial charge in [-0.2, -0.15) is 4.39 Å². The molecule has 3 atom stereocenters. The number of nitrogens with one attached hydrogen (secondary N) is 1. The largest absolute Gasteiger partial charge is 0.394 e. The number of H-pyrrole nitrogens is 1. The van der Waals surface area contributed by atoms with Crippen LogP contribution in [-0.4, -0.2) is 38.6 Å². The lowest BCUT2D eigenvalue weighted by molar-refractivity contribution is -0.0471. The zero-order valence-electron chi connectivity index (χ0n) is 10.3. The van der Waals surface area contributed by atoms with E-state index >= 15 is 0 Å². The molecular formula is C11H15FN2O5. The maximum atomic E-state index is 13.7. The third-order valence-corrected chi connectivity index (χ3v) is 3.19. The van der Waals surface area contributed by atoms with Gasteiger partial charge in [-0.1, -0.05) is 6.92 Å². The molecule has 1 aromatic rings. The number of hydrogen-bond donors (Lipinski definition) is 3. The van der Waals surface area contributed by atoms with E-state index in [1.54, 1.807) is 6.92 Å². The molecule has 0 bridgehead atoms. The molecule has 3 N–H and O–H groups in total. The number of rotatable bonds is 3. The van der Waals surface area contributed by atoms with Crippen LogP contribution in [0.4, 0.5) is 4.39 Å². The number of hydrogen-bond acceptors (Lipinski definition) is 5. The third kappa shape index (κ3) is 2.34. The van der Waals surface area contributed by atoms with E-state index < -0.39 is 42.1 Å². The second-order valence-electron chi connectivity index (χ2n) is 4.36. The van der Waals surface area contributed by atoms with Gasteiger partial charge < -0.3 is 14.9 Å². The van der Waals surface area contributed by atoms with Gasteiger partial charge in [-0.3, -0.25) is 14.3 Å². The van der Waals surface area contributed by atoms with Crippen molar-refractivity contribution in [2.75, 3.05) is 6.61 Å². The molecule has 8 heteroatoms. The van der Waals surface area contributed by atoms with Crippen LogP contribution < -0.4 is 11.2 Å². The Morgan fingerprint density at radius 1 is 1.53 bits per heavy atom. The molecule has 0 aliphatic carbocycles. The molecule has 19 heavy (non-hydrogen) atoms. The first-order valence-electron chi connectivity index (χ1n) is 5.97. The van der Waals surface area contributed by atoms with Crippen molar-refractivity contribution in [1.29, 1.82) is 0 Å². The highest BCUT2D eigenvalue weighted by molar-refractivity contribution is 5.06. The average molecular weight is 274 g/mol. The van der Waals surface area contributed by atoms with Crippen molar-refractivity contribution in [2.24, 2.45) is 0 Å². The summed E-state index contributed by atoms with van der Waals surface area (Å²) in [5.74, 6) is -1.03. The Morgan fingerprint density at radius 3 is 2.74 bits per heavy atom. The number of nitrogens with zero attached hydrogens (tertiary/aromatic N) is 1. The number of aromatic amines is 1. The van der Waals surface area contributed by atoms with Crippen molar-refractivity contribution in [3.05, 3.63) is 32.3 Å². The van der Waals surface area contributed by atoms with Crippen molar-refractivity contribution >= 4 is 0 Å². The van der Waals surface area contributed by atoms with Gasteiger partial charge in [0.15, 0.2) is 0 Å². The minimum absolute atomic E-state index is 0.0453. The molecule has 1 aliphatic rings. The van der Waals surface area contributed by atoms with E-state index in [-0.39, 0.29) is 18.5 Å². The van der Waals surface area contributed by atoms with Crippen LogP contribution in [0.2, 0.25) is 0 Å². The number of ether oxygens (including phenoxy) is 1. The van der Waals surface area contributed by atoms with E-state index in [0.717, 1.165) is 4.57 Å². The topological polar surface area (TPSA) is 105 Å². The molecule has 106 valence electrons. The molecule has 1 fully saturated rings. The summed E-state index contributed by atoms with van der Waals surface area (Å²) < 4.78 is 20.0. The first-order chi connectivity index (χ1) is 8.99. The van der Waals surface area contributed by atoms with Gasteiger partial charge in [0.05, 0.1) is 18.4 Å². The summed E-state index contributed by atoms with van der Waals surface area (Å²) in [7, 11) is 0. The molecule has 2 heterocycles. The fourth-order valence-electron chi connectivity index (χ4n) is 2.24. The summed E-state index contributed by atoms with van der Waals surface area (Å²) in [6.07, 6.45) is -2.49. The highest BCUT2D eigenvalue weighted by Crippen LogP contribution is 2.28. The van der Waals surface area contributed by atoms with Gasteiger partial charge in [0, 0.05) is 6.42 Å². The van der Waals surface area contributed by atoms with Gasteiger partial charge in [-0.15, -0.1) is 0 Å². The SMILES string of the molecule is CCc1c(F)c(=O)[nH]c(=O)n1[C@H]1C[C@H](O)[C@@H](CO)O1. The summed E-state index contributed by atoms with van der Waals surface area (Å²) in [5.41, 5.74) is -1.95. The van der Waals surface area contributed by atoms with E-state index in [9.17, 15) is 19.1 Å².